The van der Waals surface area contributed by atoms with Gasteiger partial charge in [0, 0.05) is 0 Å². The van der Waals surface area contributed by atoms with E-state index in [4.69, 9.17) is 0 Å². The maximum Gasteiger partial charge on any atom is 0.123 e. The summed E-state index contributed by atoms with van der Waals surface area (Å²) in [4.78, 5) is 0. The molecule has 0 saturated heterocycles. The van der Waals surface area contributed by atoms with Gasteiger partial charge in [0.05, 0.1) is 0 Å². The molecule has 1 aromatic rings. The molecule has 0 atom stereocenters. The summed E-state index contributed by atoms with van der Waals surface area (Å²) >= 11 is 2.10. The molecule has 25 heavy (non-hydrogen) atoms. The molecule has 0 heterocycles. The molecule has 0 spiro atoms. The van der Waals surface area contributed by atoms with Crippen LogP contribution in [0.25, 0.3) is 0 Å². The van der Waals surface area contributed by atoms with Gasteiger partial charge in [-0.15, -0.1) is 0 Å². The molecule has 0 aromatic heterocycles. The Morgan fingerprint density at radius 2 is 1.32 bits per heavy atom. The highest BCUT2D eigenvalue weighted by atomic mass is 32.2. The van der Waals surface area contributed by atoms with Crippen molar-refractivity contribution in [1.82, 2.24) is 0 Å². The van der Waals surface area contributed by atoms with Crippen LogP contribution in [-0.2, 0) is 17.3 Å². The average Bonchev–Trinajstić information content (AvgIpc) is 2.48. The van der Waals surface area contributed by atoms with Crippen LogP contribution < -0.4 is 0 Å². The second kappa shape index (κ2) is 9.90. The monoisotopic (exact) mass is 364 g/mol. The van der Waals surface area contributed by atoms with Gasteiger partial charge in [0.1, 0.15) is 5.75 Å². The van der Waals surface area contributed by atoms with Crippen LogP contribution in [-0.4, -0.2) is 16.6 Å². The smallest absolute Gasteiger partial charge is 0.123 e. The Hall–Kier alpha value is -0.630. The summed E-state index contributed by atoms with van der Waals surface area (Å²) in [5.41, 5.74) is 3.48. The predicted octanol–water partition coefficient (Wildman–Crippen LogP) is 7.23. The summed E-state index contributed by atoms with van der Waals surface area (Å²) in [6, 6.07) is 4.47. The van der Waals surface area contributed by atoms with Crippen molar-refractivity contribution in [3.63, 3.8) is 0 Å². The van der Waals surface area contributed by atoms with Crippen LogP contribution in [0.3, 0.4) is 0 Å². The minimum atomic E-state index is -0.0336. The Morgan fingerprint density at radius 3 is 1.80 bits per heavy atom. The molecule has 0 amide bonds. The first-order valence-electron chi connectivity index (χ1n) is 10.0. The van der Waals surface area contributed by atoms with Gasteiger partial charge in [-0.3, -0.25) is 0 Å². The van der Waals surface area contributed by atoms with Crippen molar-refractivity contribution >= 4 is 11.8 Å². The first-order chi connectivity index (χ1) is 11.6. The van der Waals surface area contributed by atoms with E-state index in [1.807, 2.05) is 0 Å². The molecule has 1 nitrogen and oxygen atoms in total. The maximum atomic E-state index is 10.8. The molecular formula is C23H40OS. The Bertz CT molecular complexity index is 485. The minimum absolute atomic E-state index is 0.0336. The van der Waals surface area contributed by atoms with Crippen LogP contribution in [0.15, 0.2) is 12.1 Å². The number of aryl methyl sites for hydroxylation is 1. The second-order valence-corrected chi connectivity index (χ2v) is 10.5. The van der Waals surface area contributed by atoms with Crippen molar-refractivity contribution in [1.29, 1.82) is 0 Å². The number of hydrogen-bond acceptors (Lipinski definition) is 2. The number of thioether (sulfide) groups is 1. The minimum Gasteiger partial charge on any atom is -0.507 e. The molecule has 0 unspecified atom stereocenters. The van der Waals surface area contributed by atoms with Gasteiger partial charge in [0.15, 0.2) is 0 Å². The Morgan fingerprint density at radius 1 is 0.800 bits per heavy atom. The van der Waals surface area contributed by atoms with Crippen molar-refractivity contribution in [2.45, 2.75) is 97.8 Å². The molecule has 2 heteroatoms. The predicted molar refractivity (Wildman–Crippen MR) is 115 cm³/mol. The van der Waals surface area contributed by atoms with Gasteiger partial charge in [-0.2, -0.15) is 11.8 Å². The van der Waals surface area contributed by atoms with Crippen LogP contribution in [0.1, 0.15) is 97.3 Å². The van der Waals surface area contributed by atoms with Crippen molar-refractivity contribution < 1.29 is 5.11 Å². The summed E-state index contributed by atoms with van der Waals surface area (Å²) in [7, 11) is 0. The second-order valence-electron chi connectivity index (χ2n) is 9.32. The molecule has 1 rings (SSSR count). The summed E-state index contributed by atoms with van der Waals surface area (Å²) in [6.45, 7) is 15.4. The number of phenolic OH excluding ortho intramolecular Hbond substituents is 1. The summed E-state index contributed by atoms with van der Waals surface area (Å²) in [6.07, 6.45) is 7.76. The normalized spacial score (nSPS) is 12.6. The molecule has 0 aliphatic rings. The van der Waals surface area contributed by atoms with Gasteiger partial charge < -0.3 is 5.11 Å². The number of hydrogen-bond donors (Lipinski definition) is 1. The summed E-state index contributed by atoms with van der Waals surface area (Å²) in [5.74, 6) is 3.03. The van der Waals surface area contributed by atoms with Crippen LogP contribution in [0, 0.1) is 0 Å². The van der Waals surface area contributed by atoms with E-state index in [1.54, 1.807) is 0 Å². The number of benzene rings is 1. The zero-order valence-electron chi connectivity index (χ0n) is 17.7. The molecule has 1 N–H and O–H groups in total. The quantitative estimate of drug-likeness (QED) is 0.466. The maximum absolute atomic E-state index is 10.8. The van der Waals surface area contributed by atoms with Gasteiger partial charge in [0.2, 0.25) is 0 Å². The van der Waals surface area contributed by atoms with Crippen LogP contribution in [0.2, 0.25) is 0 Å². The summed E-state index contributed by atoms with van der Waals surface area (Å²) in [5, 5.41) is 10.8. The molecule has 0 bridgehead atoms. The molecule has 144 valence electrons. The number of phenols is 1. The van der Waals surface area contributed by atoms with Gasteiger partial charge >= 0.3 is 0 Å². The van der Waals surface area contributed by atoms with E-state index in [0.717, 1.165) is 17.5 Å². The van der Waals surface area contributed by atoms with Crippen molar-refractivity contribution in [3.05, 3.63) is 28.8 Å². The zero-order valence-corrected chi connectivity index (χ0v) is 18.5. The van der Waals surface area contributed by atoms with Gasteiger partial charge in [-0.25, -0.2) is 0 Å². The van der Waals surface area contributed by atoms with Gasteiger partial charge in [-0.05, 0) is 58.3 Å². The SMILES string of the molecule is CCCCCCSCCCc1cc(C(C)(C)C)c(O)c(C(C)(C)C)c1. The highest BCUT2D eigenvalue weighted by Crippen LogP contribution is 2.40. The lowest BCUT2D eigenvalue weighted by molar-refractivity contribution is 0.422. The number of unbranched alkanes of at least 4 members (excludes halogenated alkanes) is 3. The molecule has 0 radical (unpaired) electrons. The summed E-state index contributed by atoms with van der Waals surface area (Å²) < 4.78 is 0. The fourth-order valence-electron chi connectivity index (χ4n) is 3.09. The third-order valence-electron chi connectivity index (χ3n) is 4.68. The van der Waals surface area contributed by atoms with E-state index in [0.29, 0.717) is 5.75 Å². The molecule has 0 aliphatic heterocycles. The lowest BCUT2D eigenvalue weighted by Gasteiger charge is -2.28. The first kappa shape index (κ1) is 22.4. The Kier molecular flexibility index (Phi) is 8.87. The molecular weight excluding hydrogens is 324 g/mol. The van der Waals surface area contributed by atoms with E-state index < -0.39 is 0 Å². The van der Waals surface area contributed by atoms with E-state index in [2.05, 4.69) is 72.4 Å². The molecule has 0 saturated carbocycles. The van der Waals surface area contributed by atoms with Gasteiger partial charge in [0.25, 0.3) is 0 Å². The topological polar surface area (TPSA) is 20.2 Å². The van der Waals surface area contributed by atoms with Crippen LogP contribution in [0.4, 0.5) is 0 Å². The van der Waals surface area contributed by atoms with Crippen LogP contribution in [0.5, 0.6) is 5.75 Å². The van der Waals surface area contributed by atoms with Crippen LogP contribution >= 0.6 is 11.8 Å². The Balaban J connectivity index is 2.71. The van der Waals surface area contributed by atoms with E-state index >= 15 is 0 Å². The standard InChI is InChI=1S/C23H40OS/c1-8-9-10-11-14-25-15-12-13-18-16-19(22(2,3)4)21(24)20(17-18)23(5,6)7/h16-17,24H,8-15H2,1-7H3. The van der Waals surface area contributed by atoms with Crippen molar-refractivity contribution in [2.24, 2.45) is 0 Å². The highest BCUT2D eigenvalue weighted by Gasteiger charge is 2.26. The molecule has 0 aliphatic carbocycles. The fraction of sp³-hybridized carbons (Fsp3) is 0.739. The van der Waals surface area contributed by atoms with E-state index in [9.17, 15) is 5.11 Å². The number of aromatic hydroxyl groups is 1. The van der Waals surface area contributed by atoms with E-state index in [-0.39, 0.29) is 10.8 Å². The Labute approximate surface area is 161 Å². The largest absolute Gasteiger partial charge is 0.507 e. The van der Waals surface area contributed by atoms with Crippen molar-refractivity contribution in [3.8, 4) is 5.75 Å². The third kappa shape index (κ3) is 7.64. The average molecular weight is 365 g/mol. The molecule has 1 aromatic carbocycles. The fourth-order valence-corrected chi connectivity index (χ4v) is 4.05. The first-order valence-corrected chi connectivity index (χ1v) is 11.2. The lowest BCUT2D eigenvalue weighted by atomic mass is 9.78. The van der Waals surface area contributed by atoms with Gasteiger partial charge in [-0.1, -0.05) is 79.9 Å². The lowest BCUT2D eigenvalue weighted by Crippen LogP contribution is -2.18. The number of rotatable bonds is 9. The highest BCUT2D eigenvalue weighted by molar-refractivity contribution is 7.99. The van der Waals surface area contributed by atoms with E-state index in [1.165, 1.54) is 49.2 Å². The van der Waals surface area contributed by atoms with Crippen molar-refractivity contribution in [2.75, 3.05) is 11.5 Å². The zero-order chi connectivity index (χ0) is 19.1. The third-order valence-corrected chi connectivity index (χ3v) is 5.84. The molecule has 0 fully saturated rings.